The van der Waals surface area contributed by atoms with Crippen LogP contribution in [0.5, 0.6) is 0 Å². The molecule has 1 N–H and O–H groups in total. The fourth-order valence-corrected chi connectivity index (χ4v) is 3.15. The third kappa shape index (κ3) is 3.41. The first-order valence-electron chi connectivity index (χ1n) is 7.38. The van der Waals surface area contributed by atoms with Crippen LogP contribution in [0.15, 0.2) is 66.6 Å². The van der Waals surface area contributed by atoms with Gasteiger partial charge in [0.15, 0.2) is 5.78 Å². The molecule has 5 heteroatoms. The summed E-state index contributed by atoms with van der Waals surface area (Å²) >= 11 is 1.41. The number of ketones is 1. The topological polar surface area (TPSA) is 54.4 Å². The number of benzene rings is 2. The van der Waals surface area contributed by atoms with Crippen molar-refractivity contribution in [3.05, 3.63) is 89.1 Å². The summed E-state index contributed by atoms with van der Waals surface area (Å²) in [6, 6.07) is 13.7. The molecule has 0 aliphatic carbocycles. The number of thiophene rings is 1. The van der Waals surface area contributed by atoms with Crippen molar-refractivity contribution in [1.82, 2.24) is 0 Å². The molecule has 0 amide bonds. The third-order valence-corrected chi connectivity index (χ3v) is 4.67. The number of carbonyl (C=O) groups is 2. The van der Waals surface area contributed by atoms with Crippen LogP contribution < -0.4 is 0 Å². The normalized spacial score (nSPS) is 10.4. The molecule has 0 spiro atoms. The molecule has 0 saturated carbocycles. The van der Waals surface area contributed by atoms with Crippen LogP contribution in [-0.4, -0.2) is 16.9 Å². The van der Waals surface area contributed by atoms with Crippen LogP contribution in [-0.2, 0) is 0 Å². The maximum Gasteiger partial charge on any atom is 0.335 e. The van der Waals surface area contributed by atoms with Crippen LogP contribution in [0.25, 0.3) is 16.0 Å². The first-order chi connectivity index (χ1) is 12.0. The van der Waals surface area contributed by atoms with Crippen molar-refractivity contribution in [2.45, 2.75) is 0 Å². The lowest BCUT2D eigenvalue weighted by atomic mass is 9.96. The van der Waals surface area contributed by atoms with Crippen molar-refractivity contribution < 1.29 is 19.1 Å². The van der Waals surface area contributed by atoms with Gasteiger partial charge in [-0.25, -0.2) is 9.18 Å². The molecule has 25 heavy (non-hydrogen) atoms. The predicted molar refractivity (Wildman–Crippen MR) is 96.5 cm³/mol. The van der Waals surface area contributed by atoms with Crippen molar-refractivity contribution in [3.8, 4) is 10.4 Å². The second-order valence-electron chi connectivity index (χ2n) is 5.36. The molecule has 0 unspecified atom stereocenters. The Hall–Kier alpha value is -3.05. The molecule has 0 saturated heterocycles. The van der Waals surface area contributed by atoms with Crippen LogP contribution in [0.1, 0.15) is 26.3 Å². The molecule has 0 fully saturated rings. The molecule has 3 nitrogen and oxygen atoms in total. The summed E-state index contributed by atoms with van der Waals surface area (Å²) < 4.78 is 14.1. The highest BCUT2D eigenvalue weighted by atomic mass is 32.1. The predicted octanol–water partition coefficient (Wildman–Crippen LogP) is 5.15. The Kier molecular flexibility index (Phi) is 4.59. The van der Waals surface area contributed by atoms with Gasteiger partial charge >= 0.3 is 5.97 Å². The SMILES string of the molecule is C=C(C(=O)c1ccc(C(=O)O)cc1)c1ccc(F)c(-c2cccs2)c1. The largest absolute Gasteiger partial charge is 0.478 e. The van der Waals surface area contributed by atoms with Gasteiger partial charge in [-0.05, 0) is 41.3 Å². The minimum atomic E-state index is -1.06. The van der Waals surface area contributed by atoms with Crippen LogP contribution in [0.3, 0.4) is 0 Å². The average molecular weight is 352 g/mol. The van der Waals surface area contributed by atoms with E-state index in [0.29, 0.717) is 16.7 Å². The highest BCUT2D eigenvalue weighted by Crippen LogP contribution is 2.30. The Labute approximate surface area is 147 Å². The first-order valence-corrected chi connectivity index (χ1v) is 8.26. The summed E-state index contributed by atoms with van der Waals surface area (Å²) in [5.41, 5.74) is 1.60. The molecule has 1 heterocycles. The number of halogens is 1. The third-order valence-electron chi connectivity index (χ3n) is 3.77. The van der Waals surface area contributed by atoms with Gasteiger partial charge in [0.25, 0.3) is 0 Å². The number of hydrogen-bond donors (Lipinski definition) is 1. The van der Waals surface area contributed by atoms with Crippen molar-refractivity contribution in [2.24, 2.45) is 0 Å². The number of rotatable bonds is 5. The average Bonchev–Trinajstić information content (AvgIpc) is 3.15. The van der Waals surface area contributed by atoms with Crippen molar-refractivity contribution in [2.75, 3.05) is 0 Å². The standard InChI is InChI=1S/C20H13FO3S/c1-12(19(22)13-4-6-14(7-5-13)20(23)24)15-8-9-17(21)16(11-15)18-3-2-10-25-18/h2-11H,1H2,(H,23,24). The lowest BCUT2D eigenvalue weighted by Gasteiger charge is -2.08. The van der Waals surface area contributed by atoms with Gasteiger partial charge in [-0.15, -0.1) is 11.3 Å². The van der Waals surface area contributed by atoms with Gasteiger partial charge < -0.3 is 5.11 Å². The van der Waals surface area contributed by atoms with E-state index in [1.54, 1.807) is 6.07 Å². The Morgan fingerprint density at radius 2 is 1.60 bits per heavy atom. The van der Waals surface area contributed by atoms with Gasteiger partial charge in [0, 0.05) is 21.6 Å². The summed E-state index contributed by atoms with van der Waals surface area (Å²) in [6.07, 6.45) is 0. The van der Waals surface area contributed by atoms with E-state index in [9.17, 15) is 14.0 Å². The number of Topliss-reactive ketones (excluding diaryl/α,β-unsaturated/α-hetero) is 1. The quantitative estimate of drug-likeness (QED) is 0.510. The maximum absolute atomic E-state index is 14.1. The maximum atomic E-state index is 14.1. The van der Waals surface area contributed by atoms with Gasteiger partial charge in [-0.2, -0.15) is 0 Å². The van der Waals surface area contributed by atoms with Gasteiger partial charge in [0.1, 0.15) is 5.82 Å². The molecule has 0 bridgehead atoms. The minimum Gasteiger partial charge on any atom is -0.478 e. The summed E-state index contributed by atoms with van der Waals surface area (Å²) in [7, 11) is 0. The molecule has 3 rings (SSSR count). The van der Waals surface area contributed by atoms with Gasteiger partial charge in [0.05, 0.1) is 5.56 Å². The molecule has 0 aliphatic rings. The van der Waals surface area contributed by atoms with E-state index in [4.69, 9.17) is 5.11 Å². The molecule has 3 aromatic rings. The molecular weight excluding hydrogens is 339 g/mol. The first kappa shape index (κ1) is 16.8. The lowest BCUT2D eigenvalue weighted by molar-refractivity contribution is 0.0696. The Morgan fingerprint density at radius 3 is 2.20 bits per heavy atom. The van der Waals surface area contributed by atoms with Crippen LogP contribution >= 0.6 is 11.3 Å². The van der Waals surface area contributed by atoms with Gasteiger partial charge in [-0.1, -0.05) is 30.8 Å². The van der Waals surface area contributed by atoms with E-state index in [2.05, 4.69) is 6.58 Å². The number of aromatic carboxylic acids is 1. The second kappa shape index (κ2) is 6.83. The van der Waals surface area contributed by atoms with E-state index in [-0.39, 0.29) is 22.7 Å². The van der Waals surface area contributed by atoms with Gasteiger partial charge in [-0.3, -0.25) is 4.79 Å². The Balaban J connectivity index is 1.91. The summed E-state index contributed by atoms with van der Waals surface area (Å²) in [4.78, 5) is 24.2. The van der Waals surface area contributed by atoms with Crippen LogP contribution in [0.2, 0.25) is 0 Å². The summed E-state index contributed by atoms with van der Waals surface area (Å²) in [5.74, 6) is -1.75. The number of allylic oxidation sites excluding steroid dienone is 1. The van der Waals surface area contributed by atoms with Crippen LogP contribution in [0, 0.1) is 5.82 Å². The molecule has 2 aromatic carbocycles. The number of carbonyl (C=O) groups excluding carboxylic acids is 1. The smallest absolute Gasteiger partial charge is 0.335 e. The fourth-order valence-electron chi connectivity index (χ4n) is 2.40. The molecular formula is C20H13FO3S. The molecule has 1 aromatic heterocycles. The fraction of sp³-hybridized carbons (Fsp3) is 0. The molecule has 0 radical (unpaired) electrons. The molecule has 0 aliphatic heterocycles. The van der Waals surface area contributed by atoms with Crippen LogP contribution in [0.4, 0.5) is 4.39 Å². The number of carboxylic acids is 1. The number of carboxylic acid groups (broad SMARTS) is 1. The van der Waals surface area contributed by atoms with Crippen molar-refractivity contribution >= 4 is 28.7 Å². The minimum absolute atomic E-state index is 0.101. The van der Waals surface area contributed by atoms with Gasteiger partial charge in [0.2, 0.25) is 0 Å². The van der Waals surface area contributed by atoms with E-state index in [1.807, 2.05) is 17.5 Å². The highest BCUT2D eigenvalue weighted by molar-refractivity contribution is 7.13. The highest BCUT2D eigenvalue weighted by Gasteiger charge is 2.15. The van der Waals surface area contributed by atoms with E-state index in [0.717, 1.165) is 4.88 Å². The number of hydrogen-bond acceptors (Lipinski definition) is 3. The van der Waals surface area contributed by atoms with Crippen molar-refractivity contribution in [1.29, 1.82) is 0 Å². The zero-order valence-corrected chi connectivity index (χ0v) is 13.8. The zero-order chi connectivity index (χ0) is 18.0. The second-order valence-corrected chi connectivity index (χ2v) is 6.31. The molecule has 124 valence electrons. The lowest BCUT2D eigenvalue weighted by Crippen LogP contribution is -2.03. The summed E-state index contributed by atoms with van der Waals surface area (Å²) in [6.45, 7) is 3.83. The van der Waals surface area contributed by atoms with E-state index in [1.165, 1.54) is 47.7 Å². The monoisotopic (exact) mass is 352 g/mol. The summed E-state index contributed by atoms with van der Waals surface area (Å²) in [5, 5.41) is 10.8. The Morgan fingerprint density at radius 1 is 0.960 bits per heavy atom. The van der Waals surface area contributed by atoms with E-state index >= 15 is 0 Å². The zero-order valence-electron chi connectivity index (χ0n) is 13.0. The van der Waals surface area contributed by atoms with E-state index < -0.39 is 5.97 Å². The van der Waals surface area contributed by atoms with Crippen molar-refractivity contribution in [3.63, 3.8) is 0 Å². The Bertz CT molecular complexity index is 957. The molecule has 0 atom stereocenters.